The number of benzene rings is 1. The molecule has 1 N–H and O–H groups in total. The average molecular weight is 418 g/mol. The summed E-state index contributed by atoms with van der Waals surface area (Å²) in [6.07, 6.45) is 3.33. The fourth-order valence-corrected chi connectivity index (χ4v) is 4.50. The number of nitriles is 1. The third kappa shape index (κ3) is 4.37. The molecule has 0 fully saturated rings. The highest BCUT2D eigenvalue weighted by Gasteiger charge is 2.33. The van der Waals surface area contributed by atoms with Crippen molar-refractivity contribution >= 4 is 23.3 Å². The molecule has 0 radical (unpaired) electrons. The molecular formula is C24H23N3O2S. The lowest BCUT2D eigenvalue weighted by Crippen LogP contribution is -2.27. The Morgan fingerprint density at radius 1 is 1.20 bits per heavy atom. The van der Waals surface area contributed by atoms with Gasteiger partial charge in [0.25, 0.3) is 0 Å². The Morgan fingerprint density at radius 2 is 1.97 bits per heavy atom. The van der Waals surface area contributed by atoms with Crippen LogP contribution < -0.4 is 5.32 Å². The molecule has 30 heavy (non-hydrogen) atoms. The number of dihydropyridines is 1. The van der Waals surface area contributed by atoms with Gasteiger partial charge in [-0.05, 0) is 56.5 Å². The maximum atomic E-state index is 12.7. The number of Topliss-reactive ketones (excluding diaryl/α,β-unsaturated/α-hetero) is 2. The van der Waals surface area contributed by atoms with Crippen LogP contribution in [0.15, 0.2) is 64.6 Å². The summed E-state index contributed by atoms with van der Waals surface area (Å²) in [4.78, 5) is 29.2. The third-order valence-corrected chi connectivity index (χ3v) is 6.24. The van der Waals surface area contributed by atoms with E-state index in [2.05, 4.69) is 16.4 Å². The van der Waals surface area contributed by atoms with Crippen LogP contribution in [0.25, 0.3) is 0 Å². The van der Waals surface area contributed by atoms with E-state index in [1.54, 1.807) is 18.5 Å². The Bertz CT molecular complexity index is 1110. The van der Waals surface area contributed by atoms with Crippen LogP contribution in [0.5, 0.6) is 0 Å². The zero-order valence-corrected chi connectivity index (χ0v) is 18.3. The van der Waals surface area contributed by atoms with Crippen LogP contribution in [0.4, 0.5) is 0 Å². The topological polar surface area (TPSA) is 82.9 Å². The molecule has 3 rings (SSSR count). The molecule has 2 aromatic rings. The summed E-state index contributed by atoms with van der Waals surface area (Å²) in [5, 5.41) is 13.7. The molecule has 0 spiro atoms. The molecule has 0 saturated heterocycles. The summed E-state index contributed by atoms with van der Waals surface area (Å²) in [7, 11) is 0. The summed E-state index contributed by atoms with van der Waals surface area (Å²) < 4.78 is 0. The van der Waals surface area contributed by atoms with Crippen molar-refractivity contribution < 1.29 is 9.59 Å². The van der Waals surface area contributed by atoms with Gasteiger partial charge in [-0.1, -0.05) is 30.0 Å². The zero-order valence-electron chi connectivity index (χ0n) is 17.4. The molecule has 2 heterocycles. The predicted molar refractivity (Wildman–Crippen MR) is 119 cm³/mol. The third-order valence-electron chi connectivity index (χ3n) is 5.22. The van der Waals surface area contributed by atoms with Crippen LogP contribution in [0, 0.1) is 25.2 Å². The fourth-order valence-electron chi connectivity index (χ4n) is 3.51. The van der Waals surface area contributed by atoms with Gasteiger partial charge in [-0.15, -0.1) is 0 Å². The van der Waals surface area contributed by atoms with Gasteiger partial charge in [0, 0.05) is 29.2 Å². The molecule has 0 amide bonds. The molecule has 0 saturated carbocycles. The van der Waals surface area contributed by atoms with Crippen molar-refractivity contribution in [2.24, 2.45) is 0 Å². The number of carbonyl (C=O) groups excluding carboxylic acids is 2. The molecular weight excluding hydrogens is 394 g/mol. The van der Waals surface area contributed by atoms with E-state index in [0.717, 1.165) is 16.7 Å². The van der Waals surface area contributed by atoms with E-state index in [0.29, 0.717) is 27.4 Å². The number of thioether (sulfide) groups is 1. The van der Waals surface area contributed by atoms with Crippen LogP contribution in [0.2, 0.25) is 0 Å². The van der Waals surface area contributed by atoms with Crippen LogP contribution in [-0.2, 0) is 4.79 Å². The maximum Gasteiger partial charge on any atom is 0.173 e. The molecule has 0 bridgehead atoms. The lowest BCUT2D eigenvalue weighted by atomic mass is 9.81. The summed E-state index contributed by atoms with van der Waals surface area (Å²) in [5.74, 6) is -0.413. The molecule has 1 aromatic heterocycles. The Balaban J connectivity index is 1.93. The number of nitrogens with zero attached hydrogens (tertiary/aromatic N) is 2. The van der Waals surface area contributed by atoms with E-state index in [1.165, 1.54) is 18.7 Å². The largest absolute Gasteiger partial charge is 0.353 e. The quantitative estimate of drug-likeness (QED) is 0.692. The molecule has 1 atom stereocenters. The first kappa shape index (κ1) is 21.5. The lowest BCUT2D eigenvalue weighted by molar-refractivity contribution is -0.113. The van der Waals surface area contributed by atoms with E-state index in [1.807, 2.05) is 45.0 Å². The molecule has 5 nitrogen and oxygen atoms in total. The molecule has 152 valence electrons. The summed E-state index contributed by atoms with van der Waals surface area (Å²) >= 11 is 1.29. The Hall–Kier alpha value is -3.17. The molecule has 1 unspecified atom stereocenters. The fraction of sp³-hybridized carbons (Fsp3) is 0.250. The smallest absolute Gasteiger partial charge is 0.173 e. The van der Waals surface area contributed by atoms with Gasteiger partial charge in [0.15, 0.2) is 11.6 Å². The van der Waals surface area contributed by atoms with Crippen molar-refractivity contribution in [1.82, 2.24) is 10.3 Å². The van der Waals surface area contributed by atoms with E-state index in [-0.39, 0.29) is 17.3 Å². The molecule has 1 aliphatic rings. The van der Waals surface area contributed by atoms with Gasteiger partial charge in [-0.25, -0.2) is 0 Å². The van der Waals surface area contributed by atoms with Crippen molar-refractivity contribution in [3.63, 3.8) is 0 Å². The summed E-state index contributed by atoms with van der Waals surface area (Å²) in [5.41, 5.74) is 5.30. The second-order valence-electron chi connectivity index (χ2n) is 7.30. The standard InChI is InChI=1S/C24H23N3O2S/c1-14-7-8-18(10-15(14)2)21(29)13-30-24-20(11-25)23(19-6-5-9-26-12-19)22(17(4)28)16(3)27-24/h5-10,12,23,27H,13H2,1-4H3. The molecule has 1 aromatic carbocycles. The van der Waals surface area contributed by atoms with E-state index >= 15 is 0 Å². The van der Waals surface area contributed by atoms with Gasteiger partial charge in [-0.3, -0.25) is 14.6 Å². The van der Waals surface area contributed by atoms with E-state index in [4.69, 9.17) is 0 Å². The van der Waals surface area contributed by atoms with Gasteiger partial charge >= 0.3 is 0 Å². The van der Waals surface area contributed by atoms with Crippen LogP contribution in [0.1, 0.15) is 46.8 Å². The number of ketones is 2. The van der Waals surface area contributed by atoms with Gasteiger partial charge in [-0.2, -0.15) is 5.26 Å². The first-order chi connectivity index (χ1) is 14.3. The second kappa shape index (κ2) is 9.10. The maximum absolute atomic E-state index is 12.7. The number of allylic oxidation sites excluding steroid dienone is 3. The number of hydrogen-bond acceptors (Lipinski definition) is 6. The summed E-state index contributed by atoms with van der Waals surface area (Å²) in [6.45, 7) is 7.31. The van der Waals surface area contributed by atoms with Gasteiger partial charge in [0.1, 0.15) is 0 Å². The Kier molecular flexibility index (Phi) is 6.53. The predicted octanol–water partition coefficient (Wildman–Crippen LogP) is 4.60. The normalized spacial score (nSPS) is 16.2. The van der Waals surface area contributed by atoms with Crippen molar-refractivity contribution in [3.8, 4) is 6.07 Å². The number of aryl methyl sites for hydroxylation is 2. The van der Waals surface area contributed by atoms with Gasteiger partial charge < -0.3 is 5.32 Å². The van der Waals surface area contributed by atoms with Crippen LogP contribution in [0.3, 0.4) is 0 Å². The van der Waals surface area contributed by atoms with Crippen LogP contribution in [-0.4, -0.2) is 22.3 Å². The number of carbonyl (C=O) groups is 2. The highest BCUT2D eigenvalue weighted by atomic mass is 32.2. The molecule has 6 heteroatoms. The van der Waals surface area contributed by atoms with Gasteiger partial charge in [0.05, 0.1) is 28.3 Å². The number of rotatable bonds is 6. The Labute approximate surface area is 180 Å². The number of aromatic nitrogens is 1. The summed E-state index contributed by atoms with van der Waals surface area (Å²) in [6, 6.07) is 11.6. The van der Waals surface area contributed by atoms with E-state index in [9.17, 15) is 14.9 Å². The minimum atomic E-state index is -0.498. The van der Waals surface area contributed by atoms with Crippen molar-refractivity contribution in [2.75, 3.05) is 5.75 Å². The highest BCUT2D eigenvalue weighted by Crippen LogP contribution is 2.40. The monoisotopic (exact) mass is 417 g/mol. The van der Waals surface area contributed by atoms with E-state index < -0.39 is 5.92 Å². The number of nitrogens with one attached hydrogen (secondary N) is 1. The number of hydrogen-bond donors (Lipinski definition) is 1. The average Bonchev–Trinajstić information content (AvgIpc) is 2.73. The van der Waals surface area contributed by atoms with Gasteiger partial charge in [0.2, 0.25) is 0 Å². The van der Waals surface area contributed by atoms with Crippen molar-refractivity contribution in [3.05, 3.63) is 86.9 Å². The SMILES string of the molecule is CC(=O)C1=C(C)NC(SCC(=O)c2ccc(C)c(C)c2)=C(C#N)C1c1cccnc1. The second-order valence-corrected chi connectivity index (χ2v) is 8.29. The minimum absolute atomic E-state index is 0.00776. The number of pyridine rings is 1. The first-order valence-electron chi connectivity index (χ1n) is 9.59. The minimum Gasteiger partial charge on any atom is -0.353 e. The van der Waals surface area contributed by atoms with Crippen LogP contribution >= 0.6 is 11.8 Å². The van der Waals surface area contributed by atoms with Crippen molar-refractivity contribution in [2.45, 2.75) is 33.6 Å². The highest BCUT2D eigenvalue weighted by molar-refractivity contribution is 8.03. The molecule has 1 aliphatic heterocycles. The Morgan fingerprint density at radius 3 is 2.57 bits per heavy atom. The first-order valence-corrected chi connectivity index (χ1v) is 10.6. The zero-order chi connectivity index (χ0) is 21.8. The lowest BCUT2D eigenvalue weighted by Gasteiger charge is -2.29. The molecule has 0 aliphatic carbocycles. The van der Waals surface area contributed by atoms with Crippen molar-refractivity contribution in [1.29, 1.82) is 5.26 Å².